The zero-order valence-electron chi connectivity index (χ0n) is 9.96. The highest BCUT2D eigenvalue weighted by molar-refractivity contribution is 5.43. The lowest BCUT2D eigenvalue weighted by Crippen LogP contribution is -2.05. The van der Waals surface area contributed by atoms with E-state index in [0.717, 1.165) is 5.56 Å². The van der Waals surface area contributed by atoms with Crippen LogP contribution in [0, 0.1) is 17.2 Å². The monoisotopic (exact) mass is 223 g/mol. The van der Waals surface area contributed by atoms with Crippen molar-refractivity contribution in [2.75, 3.05) is 13.7 Å². The van der Waals surface area contributed by atoms with E-state index in [2.05, 4.69) is 13.8 Å². The molecule has 0 spiro atoms. The molecule has 1 aliphatic rings. The molecule has 0 aliphatic heterocycles. The predicted octanol–water partition coefficient (Wildman–Crippen LogP) is 2.53. The molecule has 0 saturated heterocycles. The van der Waals surface area contributed by atoms with Crippen molar-refractivity contribution in [1.82, 2.24) is 0 Å². The van der Waals surface area contributed by atoms with Crippen LogP contribution in [0.15, 0.2) is 18.2 Å². The molecule has 0 amide bonds. The van der Waals surface area contributed by atoms with Crippen LogP contribution in [0.25, 0.3) is 0 Å². The maximum atomic E-state index is 13.1. The fourth-order valence-electron chi connectivity index (χ4n) is 2.74. The number of rotatable bonds is 3. The van der Waals surface area contributed by atoms with Crippen LogP contribution in [0.4, 0.5) is 4.39 Å². The summed E-state index contributed by atoms with van der Waals surface area (Å²) in [6.45, 7) is 5.05. The Bertz CT molecular complexity index is 403. The van der Waals surface area contributed by atoms with Gasteiger partial charge >= 0.3 is 0 Å². The van der Waals surface area contributed by atoms with E-state index in [0.29, 0.717) is 24.1 Å². The van der Waals surface area contributed by atoms with Crippen LogP contribution in [-0.4, -0.2) is 13.7 Å². The molecule has 1 aliphatic carbocycles. The minimum Gasteiger partial charge on any atom is -0.496 e. The fraction of sp³-hybridized carbons (Fsp3) is 0.538. The first-order chi connectivity index (χ1) is 7.52. The van der Waals surface area contributed by atoms with Crippen molar-refractivity contribution in [3.63, 3.8) is 0 Å². The lowest BCUT2D eigenvalue weighted by molar-refractivity contribution is 0.404. The molecule has 1 aromatic carbocycles. The van der Waals surface area contributed by atoms with Gasteiger partial charge in [-0.1, -0.05) is 19.9 Å². The Balaban J connectivity index is 2.35. The molecule has 2 unspecified atom stereocenters. The number of halogens is 1. The largest absolute Gasteiger partial charge is 0.496 e. The van der Waals surface area contributed by atoms with E-state index in [1.807, 2.05) is 6.07 Å². The van der Waals surface area contributed by atoms with Crippen LogP contribution in [0.5, 0.6) is 5.75 Å². The third-order valence-electron chi connectivity index (χ3n) is 3.83. The van der Waals surface area contributed by atoms with Crippen LogP contribution in [-0.2, 0) is 0 Å². The molecule has 2 N–H and O–H groups in total. The molecule has 2 atom stereocenters. The highest BCUT2D eigenvalue weighted by atomic mass is 19.1. The normalized spacial score (nSPS) is 26.6. The zero-order chi connectivity index (χ0) is 11.9. The molecule has 0 bridgehead atoms. The molecule has 1 aromatic rings. The summed E-state index contributed by atoms with van der Waals surface area (Å²) in [4.78, 5) is 0. The topological polar surface area (TPSA) is 35.2 Å². The van der Waals surface area contributed by atoms with Gasteiger partial charge in [0.25, 0.3) is 0 Å². The summed E-state index contributed by atoms with van der Waals surface area (Å²) in [6, 6.07) is 4.74. The van der Waals surface area contributed by atoms with Crippen LogP contribution in [0.3, 0.4) is 0 Å². The van der Waals surface area contributed by atoms with Gasteiger partial charge in [-0.3, -0.25) is 0 Å². The summed E-state index contributed by atoms with van der Waals surface area (Å²) in [5.41, 5.74) is 7.01. The molecule has 2 rings (SSSR count). The quantitative estimate of drug-likeness (QED) is 0.854. The van der Waals surface area contributed by atoms with Crippen molar-refractivity contribution in [2.24, 2.45) is 17.1 Å². The number of methoxy groups -OCH3 is 1. The summed E-state index contributed by atoms with van der Waals surface area (Å²) in [5, 5.41) is 0. The highest BCUT2D eigenvalue weighted by Crippen LogP contribution is 2.65. The molecule has 0 aromatic heterocycles. The summed E-state index contributed by atoms with van der Waals surface area (Å²) in [6.07, 6.45) is 0. The van der Waals surface area contributed by atoms with Crippen LogP contribution in [0.2, 0.25) is 0 Å². The van der Waals surface area contributed by atoms with Gasteiger partial charge in [-0.15, -0.1) is 0 Å². The molecule has 1 saturated carbocycles. The second-order valence-electron chi connectivity index (χ2n) is 5.03. The average Bonchev–Trinajstić information content (AvgIpc) is 2.80. The number of hydrogen-bond donors (Lipinski definition) is 1. The maximum absolute atomic E-state index is 13.1. The Labute approximate surface area is 95.6 Å². The number of hydrogen-bond acceptors (Lipinski definition) is 2. The Hall–Kier alpha value is -1.09. The predicted molar refractivity (Wildman–Crippen MR) is 62.0 cm³/mol. The van der Waals surface area contributed by atoms with Gasteiger partial charge in [0, 0.05) is 6.07 Å². The van der Waals surface area contributed by atoms with Gasteiger partial charge in [-0.25, -0.2) is 4.39 Å². The first-order valence-electron chi connectivity index (χ1n) is 5.56. The van der Waals surface area contributed by atoms with Crippen LogP contribution < -0.4 is 10.5 Å². The average molecular weight is 223 g/mol. The highest BCUT2D eigenvalue weighted by Gasteiger charge is 2.58. The SMILES string of the molecule is COc1cc(F)ccc1C1C(CN)C1(C)C. The van der Waals surface area contributed by atoms with Crippen molar-refractivity contribution in [2.45, 2.75) is 19.8 Å². The minimum atomic E-state index is -0.261. The molecule has 88 valence electrons. The number of benzene rings is 1. The Morgan fingerprint density at radius 1 is 1.44 bits per heavy atom. The van der Waals surface area contributed by atoms with Gasteiger partial charge < -0.3 is 10.5 Å². The molecule has 1 fully saturated rings. The third-order valence-corrected chi connectivity index (χ3v) is 3.83. The minimum absolute atomic E-state index is 0.194. The third kappa shape index (κ3) is 1.59. The smallest absolute Gasteiger partial charge is 0.126 e. The van der Waals surface area contributed by atoms with Crippen molar-refractivity contribution in [1.29, 1.82) is 0 Å². The van der Waals surface area contributed by atoms with E-state index < -0.39 is 0 Å². The molecular weight excluding hydrogens is 205 g/mol. The van der Waals surface area contributed by atoms with E-state index in [1.165, 1.54) is 12.1 Å². The summed E-state index contributed by atoms with van der Waals surface area (Å²) in [5.74, 6) is 1.22. The summed E-state index contributed by atoms with van der Waals surface area (Å²) in [7, 11) is 1.57. The van der Waals surface area contributed by atoms with Crippen molar-refractivity contribution >= 4 is 0 Å². The second-order valence-corrected chi connectivity index (χ2v) is 5.03. The molecule has 3 heteroatoms. The Kier molecular flexibility index (Phi) is 2.66. The first kappa shape index (κ1) is 11.4. The van der Waals surface area contributed by atoms with E-state index in [1.54, 1.807) is 7.11 Å². The molecule has 0 heterocycles. The zero-order valence-corrected chi connectivity index (χ0v) is 9.96. The van der Waals surface area contributed by atoms with E-state index in [-0.39, 0.29) is 11.2 Å². The van der Waals surface area contributed by atoms with Gasteiger partial charge in [-0.2, -0.15) is 0 Å². The fourth-order valence-corrected chi connectivity index (χ4v) is 2.74. The Morgan fingerprint density at radius 2 is 2.12 bits per heavy atom. The molecule has 16 heavy (non-hydrogen) atoms. The summed E-state index contributed by atoms with van der Waals surface area (Å²) < 4.78 is 18.3. The van der Waals surface area contributed by atoms with Gasteiger partial charge in [-0.05, 0) is 35.4 Å². The van der Waals surface area contributed by atoms with Crippen LogP contribution >= 0.6 is 0 Å². The van der Waals surface area contributed by atoms with E-state index in [4.69, 9.17) is 10.5 Å². The van der Waals surface area contributed by atoms with Crippen LogP contribution in [0.1, 0.15) is 25.3 Å². The van der Waals surface area contributed by atoms with Gasteiger partial charge in [0.2, 0.25) is 0 Å². The first-order valence-corrected chi connectivity index (χ1v) is 5.56. The summed E-state index contributed by atoms with van der Waals surface area (Å²) >= 11 is 0. The Morgan fingerprint density at radius 3 is 2.62 bits per heavy atom. The van der Waals surface area contributed by atoms with E-state index >= 15 is 0 Å². The van der Waals surface area contributed by atoms with Crippen molar-refractivity contribution < 1.29 is 9.13 Å². The van der Waals surface area contributed by atoms with Gasteiger partial charge in [0.1, 0.15) is 11.6 Å². The standard InChI is InChI=1S/C13H18FNO/c1-13(2)10(7-15)12(13)9-5-4-8(14)6-11(9)16-3/h4-6,10,12H,7,15H2,1-3H3. The number of nitrogens with two attached hydrogens (primary N) is 1. The number of ether oxygens (including phenoxy) is 1. The van der Waals surface area contributed by atoms with Crippen molar-refractivity contribution in [3.05, 3.63) is 29.6 Å². The van der Waals surface area contributed by atoms with Gasteiger partial charge in [0.05, 0.1) is 7.11 Å². The van der Waals surface area contributed by atoms with Gasteiger partial charge in [0.15, 0.2) is 0 Å². The molecule has 0 radical (unpaired) electrons. The lowest BCUT2D eigenvalue weighted by Gasteiger charge is -2.09. The van der Waals surface area contributed by atoms with Crippen molar-refractivity contribution in [3.8, 4) is 5.75 Å². The molecular formula is C13H18FNO. The lowest BCUT2D eigenvalue weighted by atomic mass is 10.0. The van der Waals surface area contributed by atoms with E-state index in [9.17, 15) is 4.39 Å². The molecule has 2 nitrogen and oxygen atoms in total. The maximum Gasteiger partial charge on any atom is 0.126 e. The second kappa shape index (κ2) is 3.74.